The van der Waals surface area contributed by atoms with Crippen molar-refractivity contribution in [3.05, 3.63) is 71.7 Å². The third kappa shape index (κ3) is 4.29. The van der Waals surface area contributed by atoms with E-state index in [0.717, 1.165) is 37.3 Å². The first-order valence-electron chi connectivity index (χ1n) is 11.6. The van der Waals surface area contributed by atoms with Gasteiger partial charge in [-0.2, -0.15) is 5.10 Å². The van der Waals surface area contributed by atoms with Crippen LogP contribution in [0.4, 0.5) is 10.2 Å². The zero-order valence-electron chi connectivity index (χ0n) is 19.4. The zero-order chi connectivity index (χ0) is 24.5. The van der Waals surface area contributed by atoms with E-state index < -0.39 is 0 Å². The maximum Gasteiger partial charge on any atom is 0.274 e. The number of rotatable bonds is 4. The van der Waals surface area contributed by atoms with Gasteiger partial charge in [0.1, 0.15) is 28.9 Å². The fourth-order valence-electron chi connectivity index (χ4n) is 4.38. The molecule has 12 heteroatoms. The van der Waals surface area contributed by atoms with Crippen LogP contribution in [-0.2, 0) is 6.42 Å². The summed E-state index contributed by atoms with van der Waals surface area (Å²) in [6, 6.07) is 4.49. The van der Waals surface area contributed by atoms with Crippen LogP contribution in [-0.4, -0.2) is 59.3 Å². The fraction of sp³-hybridized carbons (Fsp3) is 0.348. The number of hydrogen-bond donors (Lipinski definition) is 0. The van der Waals surface area contributed by atoms with Gasteiger partial charge in [-0.05, 0) is 46.7 Å². The number of fused-ring (bicyclic) bond motifs is 2. The summed E-state index contributed by atoms with van der Waals surface area (Å²) in [5.41, 5.74) is 3.48. The van der Waals surface area contributed by atoms with Gasteiger partial charge in [-0.15, -0.1) is 0 Å². The average Bonchev–Trinajstić information content (AvgIpc) is 3.48. The van der Waals surface area contributed by atoms with Gasteiger partial charge in [0.2, 0.25) is 0 Å². The average molecular weight is 606 g/mol. The number of imidazole rings is 1. The minimum absolute atomic E-state index is 0.0876. The molecule has 0 saturated carbocycles. The van der Waals surface area contributed by atoms with Crippen molar-refractivity contribution in [1.29, 1.82) is 0 Å². The molecule has 0 spiro atoms. The third-order valence-corrected chi connectivity index (χ3v) is 8.32. The molecule has 1 amide bonds. The largest absolute Gasteiger partial charge is 0.340 e. The lowest BCUT2D eigenvalue weighted by molar-refractivity contribution is 0.0645. The van der Waals surface area contributed by atoms with Crippen LogP contribution in [0, 0.1) is 5.82 Å². The van der Waals surface area contributed by atoms with Crippen molar-refractivity contribution in [3.63, 3.8) is 0 Å². The molecule has 2 aliphatic heterocycles. The lowest BCUT2D eigenvalue weighted by Crippen LogP contribution is -2.42. The molecule has 2 aliphatic rings. The van der Waals surface area contributed by atoms with Crippen molar-refractivity contribution in [1.82, 2.24) is 33.8 Å². The van der Waals surface area contributed by atoms with Crippen molar-refractivity contribution in [3.8, 4) is 0 Å². The molecule has 0 aliphatic carbocycles. The third-order valence-electron chi connectivity index (χ3n) is 6.19. The molecule has 1 saturated heterocycles. The summed E-state index contributed by atoms with van der Waals surface area (Å²) in [5, 5.41) is 4.67. The Morgan fingerprint density at radius 2 is 2.00 bits per heavy atom. The number of likely N-dealkylation sites (tertiary alicyclic amines) is 1. The van der Waals surface area contributed by atoms with E-state index in [9.17, 15) is 9.18 Å². The molecule has 1 fully saturated rings. The van der Waals surface area contributed by atoms with Crippen LogP contribution in [0.1, 0.15) is 53.9 Å². The lowest BCUT2D eigenvalue weighted by atomic mass is 10.00. The number of hydrogen-bond acceptors (Lipinski definition) is 6. The van der Waals surface area contributed by atoms with E-state index in [4.69, 9.17) is 4.98 Å². The molecule has 2 unspecified atom stereocenters. The predicted octanol–water partition coefficient (Wildman–Crippen LogP) is 4.28. The number of halogens is 2. The van der Waals surface area contributed by atoms with Crippen LogP contribution in [0.5, 0.6) is 0 Å². The maximum atomic E-state index is 14.4. The van der Waals surface area contributed by atoms with E-state index in [1.807, 2.05) is 20.2 Å². The molecule has 4 aromatic rings. The van der Waals surface area contributed by atoms with Crippen LogP contribution < -0.4 is 4.90 Å². The highest BCUT2D eigenvalue weighted by atomic mass is 127. The highest BCUT2D eigenvalue weighted by molar-refractivity contribution is 14.2. The van der Waals surface area contributed by atoms with E-state index in [0.29, 0.717) is 35.6 Å². The van der Waals surface area contributed by atoms with Gasteiger partial charge in [0.05, 0.1) is 30.1 Å². The van der Waals surface area contributed by atoms with Gasteiger partial charge in [-0.25, -0.2) is 23.9 Å². The Morgan fingerprint density at radius 1 is 1.17 bits per heavy atom. The van der Waals surface area contributed by atoms with Gasteiger partial charge in [-0.1, -0.05) is 13.8 Å². The monoisotopic (exact) mass is 606 g/mol. The van der Waals surface area contributed by atoms with E-state index in [1.54, 1.807) is 33.9 Å². The van der Waals surface area contributed by atoms with E-state index >= 15 is 0 Å². The summed E-state index contributed by atoms with van der Waals surface area (Å²) in [5.74, 6) is 0.219. The van der Waals surface area contributed by atoms with Gasteiger partial charge < -0.3 is 14.1 Å². The first kappa shape index (κ1) is 24.1. The van der Waals surface area contributed by atoms with E-state index in [-0.39, 0.29) is 17.8 Å². The Labute approximate surface area is 217 Å². The second kappa shape index (κ2) is 10.1. The summed E-state index contributed by atoms with van der Waals surface area (Å²) >= 11 is 2.34. The Kier molecular flexibility index (Phi) is 6.97. The van der Waals surface area contributed by atoms with Gasteiger partial charge in [0.15, 0.2) is 0 Å². The van der Waals surface area contributed by atoms with Crippen molar-refractivity contribution >= 4 is 45.7 Å². The molecule has 0 N–H and O–H groups in total. The summed E-state index contributed by atoms with van der Waals surface area (Å²) < 4.78 is 18.1. The summed E-state index contributed by atoms with van der Waals surface area (Å²) in [6.45, 7) is 6.21. The Morgan fingerprint density at radius 3 is 2.66 bits per heavy atom. The Hall–Kier alpha value is -2.66. The number of carbonyl (C=O) groups is 1. The minimum Gasteiger partial charge on any atom is -0.340 e. The highest BCUT2D eigenvalue weighted by Crippen LogP contribution is 2.39. The number of amides is 1. The molecule has 9 nitrogen and oxygen atoms in total. The molecule has 182 valence electrons. The normalized spacial score (nSPS) is 17.3. The van der Waals surface area contributed by atoms with Crippen molar-refractivity contribution in [2.75, 3.05) is 24.5 Å². The molecular formula is C23H25FIN8OP. The van der Waals surface area contributed by atoms with E-state index in [1.165, 1.54) is 12.3 Å². The SMILES string of the molecule is CC.O=C(c1cnc(N2CCc3c(ncn3PI)C2c2cc3c(F)cccn3n2)cn1)N1CCC1. The van der Waals surface area contributed by atoms with Crippen molar-refractivity contribution < 1.29 is 9.18 Å². The van der Waals surface area contributed by atoms with Crippen LogP contribution in [0.15, 0.2) is 43.1 Å². The topological polar surface area (TPSA) is 84.5 Å². The zero-order valence-corrected chi connectivity index (χ0v) is 22.6. The number of carbonyl (C=O) groups excluding carboxylic acids is 1. The standard InChI is InChI=1S/C21H19FIN8OP.C2H6/c22-13-3-1-7-30-17(13)9-14(27-30)20-19-16(31(33-23)12-26-19)4-8-29(20)18-11-24-15(10-25-18)21(32)28-5-2-6-28;1-2/h1,3,7,9-12,20,33H,2,4-6,8H2;1-2H3. The van der Waals surface area contributed by atoms with Crippen LogP contribution in [0.25, 0.3) is 5.52 Å². The molecule has 0 aromatic carbocycles. The van der Waals surface area contributed by atoms with Crippen LogP contribution >= 0.6 is 28.4 Å². The quantitative estimate of drug-likeness (QED) is 0.255. The first-order chi connectivity index (χ1) is 17.1. The number of anilines is 1. The van der Waals surface area contributed by atoms with Gasteiger partial charge in [0.25, 0.3) is 5.91 Å². The summed E-state index contributed by atoms with van der Waals surface area (Å²) in [6.07, 6.45) is 9.11. The fourth-order valence-corrected chi connectivity index (χ4v) is 6.06. The Balaban J connectivity index is 0.00000124. The minimum atomic E-state index is -0.340. The second-order valence-corrected chi connectivity index (χ2v) is 10.1. The number of aromatic nitrogens is 6. The second-order valence-electron chi connectivity index (χ2n) is 8.04. The molecule has 0 bridgehead atoms. The Bertz CT molecular complexity index is 1350. The molecule has 35 heavy (non-hydrogen) atoms. The summed E-state index contributed by atoms with van der Waals surface area (Å²) in [7, 11) is 0. The maximum absolute atomic E-state index is 14.4. The lowest BCUT2D eigenvalue weighted by Gasteiger charge is -2.35. The van der Waals surface area contributed by atoms with E-state index in [2.05, 4.69) is 46.3 Å². The molecule has 6 rings (SSSR count). The smallest absolute Gasteiger partial charge is 0.274 e. The first-order valence-corrected chi connectivity index (χ1v) is 15.6. The summed E-state index contributed by atoms with van der Waals surface area (Å²) in [4.78, 5) is 30.0. The molecular weight excluding hydrogens is 581 g/mol. The molecule has 6 heterocycles. The molecule has 4 aromatic heterocycles. The van der Waals surface area contributed by atoms with Gasteiger partial charge in [-0.3, -0.25) is 4.79 Å². The van der Waals surface area contributed by atoms with Gasteiger partial charge >= 0.3 is 0 Å². The van der Waals surface area contributed by atoms with Gasteiger partial charge in [0, 0.05) is 44.3 Å². The van der Waals surface area contributed by atoms with Crippen LogP contribution in [0.2, 0.25) is 0 Å². The predicted molar refractivity (Wildman–Crippen MR) is 142 cm³/mol. The van der Waals surface area contributed by atoms with Crippen LogP contribution in [0.3, 0.4) is 0 Å². The number of nitrogens with zero attached hydrogens (tertiary/aromatic N) is 8. The molecule has 2 atom stereocenters. The van der Waals surface area contributed by atoms with Crippen molar-refractivity contribution in [2.24, 2.45) is 0 Å². The molecule has 0 radical (unpaired) electrons. The van der Waals surface area contributed by atoms with Crippen molar-refractivity contribution in [2.45, 2.75) is 32.7 Å². The number of pyridine rings is 1. The highest BCUT2D eigenvalue weighted by Gasteiger charge is 2.35.